The first-order chi connectivity index (χ1) is 8.67. The lowest BCUT2D eigenvalue weighted by molar-refractivity contribution is 0.378. The minimum Gasteiger partial charge on any atom is -0.361 e. The Bertz CT molecular complexity index is 561. The van der Waals surface area contributed by atoms with Gasteiger partial charge in [-0.2, -0.15) is 0 Å². The SMILES string of the molecule is CC(C)(C)CCc1c[nH]c2ccc(C(C)(C)C)cc12. The fraction of sp³-hybridized carbons (Fsp3) is 0.556. The molecule has 1 heteroatoms. The standard InChI is InChI=1S/C18H27N/c1-17(2,3)10-9-13-12-19-16-8-7-14(11-15(13)16)18(4,5)6/h7-8,11-12,19H,9-10H2,1-6H3. The highest BCUT2D eigenvalue weighted by atomic mass is 14.7. The number of H-pyrrole nitrogens is 1. The molecule has 0 aliphatic carbocycles. The predicted octanol–water partition coefficient (Wildman–Crippen LogP) is 5.44. The fourth-order valence-corrected chi connectivity index (χ4v) is 2.36. The molecule has 0 unspecified atom stereocenters. The Morgan fingerprint density at radius 1 is 1.00 bits per heavy atom. The Balaban J connectivity index is 2.35. The van der Waals surface area contributed by atoms with Crippen molar-refractivity contribution in [3.63, 3.8) is 0 Å². The topological polar surface area (TPSA) is 15.8 Å². The third-order valence-corrected chi connectivity index (χ3v) is 3.78. The van der Waals surface area contributed by atoms with Gasteiger partial charge in [-0.3, -0.25) is 0 Å². The highest BCUT2D eigenvalue weighted by Gasteiger charge is 2.16. The summed E-state index contributed by atoms with van der Waals surface area (Å²) in [5, 5.41) is 1.40. The second kappa shape index (κ2) is 4.70. The summed E-state index contributed by atoms with van der Waals surface area (Å²) in [7, 11) is 0. The van der Waals surface area contributed by atoms with Crippen LogP contribution in [0.25, 0.3) is 10.9 Å². The summed E-state index contributed by atoms with van der Waals surface area (Å²) < 4.78 is 0. The molecule has 0 atom stereocenters. The number of benzene rings is 1. The van der Waals surface area contributed by atoms with Crippen molar-refractivity contribution in [3.05, 3.63) is 35.5 Å². The van der Waals surface area contributed by atoms with Crippen molar-refractivity contribution < 1.29 is 0 Å². The van der Waals surface area contributed by atoms with Crippen LogP contribution in [0.3, 0.4) is 0 Å². The fourth-order valence-electron chi connectivity index (χ4n) is 2.36. The molecule has 1 heterocycles. The average Bonchev–Trinajstić information content (AvgIpc) is 2.66. The summed E-state index contributed by atoms with van der Waals surface area (Å²) in [6.07, 6.45) is 4.56. The number of rotatable bonds is 2. The van der Waals surface area contributed by atoms with Gasteiger partial charge in [-0.1, -0.05) is 47.6 Å². The zero-order valence-electron chi connectivity index (χ0n) is 13.2. The molecule has 1 N–H and O–H groups in total. The maximum absolute atomic E-state index is 3.40. The number of fused-ring (bicyclic) bond motifs is 1. The zero-order valence-corrected chi connectivity index (χ0v) is 13.2. The number of hydrogen-bond donors (Lipinski definition) is 1. The lowest BCUT2D eigenvalue weighted by Crippen LogP contribution is -2.10. The number of nitrogens with one attached hydrogen (secondary N) is 1. The van der Waals surface area contributed by atoms with Crippen LogP contribution in [-0.2, 0) is 11.8 Å². The highest BCUT2D eigenvalue weighted by molar-refractivity contribution is 5.84. The summed E-state index contributed by atoms with van der Waals surface area (Å²) in [4.78, 5) is 3.40. The Kier molecular flexibility index (Phi) is 3.51. The van der Waals surface area contributed by atoms with Crippen LogP contribution < -0.4 is 0 Å². The van der Waals surface area contributed by atoms with E-state index in [1.807, 2.05) is 0 Å². The predicted molar refractivity (Wildman–Crippen MR) is 84.8 cm³/mol. The molecule has 1 aromatic heterocycles. The van der Waals surface area contributed by atoms with Gasteiger partial charge in [-0.25, -0.2) is 0 Å². The van der Waals surface area contributed by atoms with E-state index in [1.54, 1.807) is 0 Å². The van der Waals surface area contributed by atoms with Gasteiger partial charge in [-0.15, -0.1) is 0 Å². The summed E-state index contributed by atoms with van der Waals surface area (Å²) in [5.74, 6) is 0. The molecule has 0 fully saturated rings. The normalized spacial score (nSPS) is 13.2. The second-order valence-electron chi connectivity index (χ2n) is 7.88. The van der Waals surface area contributed by atoms with Crippen molar-refractivity contribution in [1.29, 1.82) is 0 Å². The monoisotopic (exact) mass is 257 g/mol. The van der Waals surface area contributed by atoms with E-state index >= 15 is 0 Å². The van der Waals surface area contributed by atoms with Gasteiger partial charge in [0.05, 0.1) is 0 Å². The first-order valence-corrected chi connectivity index (χ1v) is 7.27. The lowest BCUT2D eigenvalue weighted by Gasteiger charge is -2.20. The Morgan fingerprint density at radius 2 is 1.68 bits per heavy atom. The van der Waals surface area contributed by atoms with Crippen molar-refractivity contribution in [2.75, 3.05) is 0 Å². The number of aromatic amines is 1. The van der Waals surface area contributed by atoms with Gasteiger partial charge < -0.3 is 4.98 Å². The van der Waals surface area contributed by atoms with E-state index in [1.165, 1.54) is 28.5 Å². The maximum Gasteiger partial charge on any atom is 0.0456 e. The van der Waals surface area contributed by atoms with E-state index < -0.39 is 0 Å². The molecule has 104 valence electrons. The lowest BCUT2D eigenvalue weighted by atomic mass is 9.85. The molecule has 1 aromatic carbocycles. The molecule has 0 saturated carbocycles. The van der Waals surface area contributed by atoms with Gasteiger partial charge in [0, 0.05) is 17.1 Å². The summed E-state index contributed by atoms with van der Waals surface area (Å²) in [6, 6.07) is 6.83. The molecular weight excluding hydrogens is 230 g/mol. The largest absolute Gasteiger partial charge is 0.361 e. The van der Waals surface area contributed by atoms with E-state index in [4.69, 9.17) is 0 Å². The quantitative estimate of drug-likeness (QED) is 0.737. The van der Waals surface area contributed by atoms with Gasteiger partial charge in [-0.05, 0) is 46.9 Å². The average molecular weight is 257 g/mol. The maximum atomic E-state index is 3.40. The summed E-state index contributed by atoms with van der Waals surface area (Å²) in [6.45, 7) is 13.7. The Hall–Kier alpha value is -1.24. The number of aryl methyl sites for hydroxylation is 1. The molecule has 1 nitrogen and oxygen atoms in total. The van der Waals surface area contributed by atoms with Gasteiger partial charge in [0.15, 0.2) is 0 Å². The molecule has 0 spiro atoms. The first kappa shape index (κ1) is 14.2. The third-order valence-electron chi connectivity index (χ3n) is 3.78. The van der Waals surface area contributed by atoms with E-state index in [0.29, 0.717) is 5.41 Å². The Labute approximate surface area is 117 Å². The van der Waals surface area contributed by atoms with E-state index in [9.17, 15) is 0 Å². The molecule has 0 amide bonds. The van der Waals surface area contributed by atoms with Crippen LogP contribution in [0.5, 0.6) is 0 Å². The van der Waals surface area contributed by atoms with Crippen molar-refractivity contribution in [3.8, 4) is 0 Å². The van der Waals surface area contributed by atoms with E-state index in [0.717, 1.165) is 6.42 Å². The third kappa shape index (κ3) is 3.40. The first-order valence-electron chi connectivity index (χ1n) is 7.27. The molecule has 19 heavy (non-hydrogen) atoms. The minimum atomic E-state index is 0.215. The molecule has 2 rings (SSSR count). The summed E-state index contributed by atoms with van der Waals surface area (Å²) >= 11 is 0. The van der Waals surface area contributed by atoms with Gasteiger partial charge >= 0.3 is 0 Å². The zero-order chi connectivity index (χ0) is 14.3. The number of hydrogen-bond acceptors (Lipinski definition) is 0. The van der Waals surface area contributed by atoms with Gasteiger partial charge in [0.2, 0.25) is 0 Å². The smallest absolute Gasteiger partial charge is 0.0456 e. The minimum absolute atomic E-state index is 0.215. The number of aromatic nitrogens is 1. The molecule has 0 bridgehead atoms. The van der Waals surface area contributed by atoms with Crippen LogP contribution in [0.2, 0.25) is 0 Å². The van der Waals surface area contributed by atoms with E-state index in [-0.39, 0.29) is 5.41 Å². The van der Waals surface area contributed by atoms with Crippen LogP contribution in [0.15, 0.2) is 24.4 Å². The highest BCUT2D eigenvalue weighted by Crippen LogP contribution is 2.29. The summed E-state index contributed by atoms with van der Waals surface area (Å²) in [5.41, 5.74) is 4.74. The van der Waals surface area contributed by atoms with Crippen molar-refractivity contribution in [2.24, 2.45) is 5.41 Å². The van der Waals surface area contributed by atoms with E-state index in [2.05, 4.69) is 70.9 Å². The van der Waals surface area contributed by atoms with Gasteiger partial charge in [0.1, 0.15) is 0 Å². The van der Waals surface area contributed by atoms with Crippen molar-refractivity contribution in [1.82, 2.24) is 4.98 Å². The van der Waals surface area contributed by atoms with Gasteiger partial charge in [0.25, 0.3) is 0 Å². The van der Waals surface area contributed by atoms with Crippen LogP contribution in [-0.4, -0.2) is 4.98 Å². The molecule has 0 aliphatic heterocycles. The second-order valence-corrected chi connectivity index (χ2v) is 7.88. The molecular formula is C18H27N. The van der Waals surface area contributed by atoms with Crippen LogP contribution >= 0.6 is 0 Å². The molecule has 0 aliphatic rings. The van der Waals surface area contributed by atoms with Crippen molar-refractivity contribution in [2.45, 2.75) is 59.8 Å². The van der Waals surface area contributed by atoms with Crippen LogP contribution in [0.4, 0.5) is 0 Å². The van der Waals surface area contributed by atoms with Crippen LogP contribution in [0, 0.1) is 5.41 Å². The Morgan fingerprint density at radius 3 is 2.26 bits per heavy atom. The van der Waals surface area contributed by atoms with Crippen molar-refractivity contribution >= 4 is 10.9 Å². The molecule has 0 radical (unpaired) electrons. The molecule has 0 saturated heterocycles. The van der Waals surface area contributed by atoms with Crippen LogP contribution in [0.1, 0.15) is 59.1 Å². The molecule has 2 aromatic rings.